The summed E-state index contributed by atoms with van der Waals surface area (Å²) in [6, 6.07) is 8.85. The summed E-state index contributed by atoms with van der Waals surface area (Å²) in [7, 11) is 0. The van der Waals surface area contributed by atoms with Gasteiger partial charge in [0.15, 0.2) is 0 Å². The fourth-order valence-corrected chi connectivity index (χ4v) is 2.27. The lowest BCUT2D eigenvalue weighted by molar-refractivity contribution is -0.00623. The second-order valence-corrected chi connectivity index (χ2v) is 6.56. The Labute approximate surface area is 124 Å². The van der Waals surface area contributed by atoms with Crippen molar-refractivity contribution in [2.75, 3.05) is 19.7 Å². The van der Waals surface area contributed by atoms with Crippen LogP contribution in [0.5, 0.6) is 0 Å². The van der Waals surface area contributed by atoms with Crippen molar-refractivity contribution < 1.29 is 4.74 Å². The molecule has 0 aliphatic heterocycles. The molecule has 1 aromatic rings. The predicted molar refractivity (Wildman–Crippen MR) is 87.4 cm³/mol. The highest BCUT2D eigenvalue weighted by Crippen LogP contribution is 2.21. The third-order valence-electron chi connectivity index (χ3n) is 3.33. The number of hydrogen-bond donors (Lipinski definition) is 1. The van der Waals surface area contributed by atoms with Crippen molar-refractivity contribution in [3.63, 3.8) is 0 Å². The lowest BCUT2D eigenvalue weighted by Crippen LogP contribution is -2.25. The molecule has 1 rings (SSSR count). The highest BCUT2D eigenvalue weighted by Gasteiger charge is 2.15. The van der Waals surface area contributed by atoms with Crippen LogP contribution in [0.25, 0.3) is 0 Å². The lowest BCUT2D eigenvalue weighted by atomic mass is 9.94. The van der Waals surface area contributed by atoms with Gasteiger partial charge >= 0.3 is 0 Å². The van der Waals surface area contributed by atoms with E-state index in [1.807, 2.05) is 0 Å². The Morgan fingerprint density at radius 1 is 1.25 bits per heavy atom. The number of hydrogen-bond acceptors (Lipinski definition) is 2. The van der Waals surface area contributed by atoms with Gasteiger partial charge in [0.25, 0.3) is 0 Å². The van der Waals surface area contributed by atoms with Gasteiger partial charge in [0.2, 0.25) is 0 Å². The molecule has 0 aliphatic carbocycles. The molecule has 1 aromatic carbocycles. The van der Waals surface area contributed by atoms with Crippen molar-refractivity contribution in [1.82, 2.24) is 5.32 Å². The first kappa shape index (κ1) is 17.2. The Hall–Kier alpha value is -0.860. The summed E-state index contributed by atoms with van der Waals surface area (Å²) >= 11 is 0. The molecule has 0 spiro atoms. The molecule has 0 saturated heterocycles. The van der Waals surface area contributed by atoms with Crippen LogP contribution in [-0.4, -0.2) is 25.3 Å². The van der Waals surface area contributed by atoms with E-state index in [9.17, 15) is 0 Å². The number of ether oxygens (including phenoxy) is 1. The molecule has 0 saturated carbocycles. The van der Waals surface area contributed by atoms with Crippen LogP contribution in [0.1, 0.15) is 57.6 Å². The monoisotopic (exact) mass is 277 g/mol. The van der Waals surface area contributed by atoms with Crippen LogP contribution in [-0.2, 0) is 4.74 Å². The fourth-order valence-electron chi connectivity index (χ4n) is 2.27. The summed E-state index contributed by atoms with van der Waals surface area (Å²) in [5, 5.41) is 3.55. The van der Waals surface area contributed by atoms with E-state index in [4.69, 9.17) is 4.74 Å². The Balaban J connectivity index is 2.60. The molecule has 0 radical (unpaired) electrons. The van der Waals surface area contributed by atoms with Crippen molar-refractivity contribution >= 4 is 0 Å². The third kappa shape index (κ3) is 7.06. The molecule has 2 nitrogen and oxygen atoms in total. The minimum absolute atomic E-state index is 0.0476. The smallest absolute Gasteiger partial charge is 0.0598 e. The van der Waals surface area contributed by atoms with Gasteiger partial charge in [-0.3, -0.25) is 0 Å². The normalized spacial score (nSPS) is 13.4. The zero-order chi connectivity index (χ0) is 15.0. The minimum Gasteiger partial charge on any atom is -0.376 e. The number of aryl methyl sites for hydroxylation is 1. The van der Waals surface area contributed by atoms with Gasteiger partial charge in [-0.15, -0.1) is 0 Å². The van der Waals surface area contributed by atoms with E-state index in [2.05, 4.69) is 64.2 Å². The Kier molecular flexibility index (Phi) is 7.25. The minimum atomic E-state index is -0.0476. The fraction of sp³-hybridized carbons (Fsp3) is 0.667. The van der Waals surface area contributed by atoms with Crippen molar-refractivity contribution in [1.29, 1.82) is 0 Å². The Bertz CT molecular complexity index is 381. The van der Waals surface area contributed by atoms with E-state index in [1.165, 1.54) is 17.5 Å². The lowest BCUT2D eigenvalue weighted by Gasteiger charge is -2.23. The van der Waals surface area contributed by atoms with Crippen LogP contribution in [0.4, 0.5) is 0 Å². The van der Waals surface area contributed by atoms with Crippen molar-refractivity contribution in [3.05, 3.63) is 35.4 Å². The molecule has 114 valence electrons. The SMILES string of the molecule is CCCNCC(CCOC(C)(C)C)c1cccc(C)c1. The number of nitrogens with one attached hydrogen (secondary N) is 1. The number of rotatable bonds is 8. The summed E-state index contributed by atoms with van der Waals surface area (Å²) in [5.41, 5.74) is 2.71. The van der Waals surface area contributed by atoms with E-state index in [1.54, 1.807) is 0 Å². The summed E-state index contributed by atoms with van der Waals surface area (Å²) in [6.45, 7) is 13.6. The second kappa shape index (κ2) is 8.43. The maximum Gasteiger partial charge on any atom is 0.0598 e. The molecule has 2 heteroatoms. The maximum absolute atomic E-state index is 5.89. The van der Waals surface area contributed by atoms with E-state index in [0.29, 0.717) is 5.92 Å². The van der Waals surface area contributed by atoms with Crippen LogP contribution >= 0.6 is 0 Å². The van der Waals surface area contributed by atoms with Crippen LogP contribution in [0.15, 0.2) is 24.3 Å². The molecule has 0 aromatic heterocycles. The molecule has 20 heavy (non-hydrogen) atoms. The first-order valence-corrected chi connectivity index (χ1v) is 7.83. The van der Waals surface area contributed by atoms with E-state index < -0.39 is 0 Å². The van der Waals surface area contributed by atoms with Crippen LogP contribution in [0, 0.1) is 6.92 Å². The molecule has 0 bridgehead atoms. The molecule has 1 unspecified atom stereocenters. The largest absolute Gasteiger partial charge is 0.376 e. The van der Waals surface area contributed by atoms with Crippen molar-refractivity contribution in [3.8, 4) is 0 Å². The summed E-state index contributed by atoms with van der Waals surface area (Å²) in [5.74, 6) is 0.531. The molecule has 1 N–H and O–H groups in total. The highest BCUT2D eigenvalue weighted by molar-refractivity contribution is 5.25. The maximum atomic E-state index is 5.89. The average molecular weight is 277 g/mol. The third-order valence-corrected chi connectivity index (χ3v) is 3.33. The topological polar surface area (TPSA) is 21.3 Å². The summed E-state index contributed by atoms with van der Waals surface area (Å²) in [6.07, 6.45) is 2.25. The molecule has 1 atom stereocenters. The van der Waals surface area contributed by atoms with Gasteiger partial charge in [-0.2, -0.15) is 0 Å². The van der Waals surface area contributed by atoms with Gasteiger partial charge in [0.1, 0.15) is 0 Å². The van der Waals surface area contributed by atoms with Crippen molar-refractivity contribution in [2.24, 2.45) is 0 Å². The first-order chi connectivity index (χ1) is 9.42. The molecule has 0 heterocycles. The predicted octanol–water partition coefficient (Wildman–Crippen LogP) is 4.28. The summed E-state index contributed by atoms with van der Waals surface area (Å²) in [4.78, 5) is 0. The van der Waals surface area contributed by atoms with Gasteiger partial charge in [-0.1, -0.05) is 36.8 Å². The molecule has 0 amide bonds. The zero-order valence-electron chi connectivity index (χ0n) is 13.8. The van der Waals surface area contributed by atoms with Gasteiger partial charge in [-0.05, 0) is 58.6 Å². The molecule has 0 fully saturated rings. The second-order valence-electron chi connectivity index (χ2n) is 6.56. The molecule has 0 aliphatic rings. The molecular weight excluding hydrogens is 246 g/mol. The van der Waals surface area contributed by atoms with E-state index in [0.717, 1.165) is 26.1 Å². The highest BCUT2D eigenvalue weighted by atomic mass is 16.5. The number of benzene rings is 1. The van der Waals surface area contributed by atoms with Crippen LogP contribution in [0.3, 0.4) is 0 Å². The van der Waals surface area contributed by atoms with Crippen LogP contribution in [0.2, 0.25) is 0 Å². The van der Waals surface area contributed by atoms with Crippen molar-refractivity contribution in [2.45, 2.75) is 59.0 Å². The first-order valence-electron chi connectivity index (χ1n) is 7.83. The Morgan fingerprint density at radius 2 is 2.00 bits per heavy atom. The van der Waals surface area contributed by atoms with Crippen LogP contribution < -0.4 is 5.32 Å². The average Bonchev–Trinajstić information content (AvgIpc) is 2.36. The molecular formula is C18H31NO. The summed E-state index contributed by atoms with van der Waals surface area (Å²) < 4.78 is 5.89. The standard InChI is InChI=1S/C18H31NO/c1-6-11-19-14-17(10-12-20-18(3,4)5)16-9-7-8-15(2)13-16/h7-9,13,17,19H,6,10-12,14H2,1-5H3. The Morgan fingerprint density at radius 3 is 2.60 bits per heavy atom. The van der Waals surface area contributed by atoms with Gasteiger partial charge < -0.3 is 10.1 Å². The zero-order valence-corrected chi connectivity index (χ0v) is 13.8. The van der Waals surface area contributed by atoms with Gasteiger partial charge in [-0.25, -0.2) is 0 Å². The van der Waals surface area contributed by atoms with Gasteiger partial charge in [0.05, 0.1) is 5.60 Å². The van der Waals surface area contributed by atoms with Gasteiger partial charge in [0, 0.05) is 13.2 Å². The van der Waals surface area contributed by atoms with E-state index >= 15 is 0 Å². The van der Waals surface area contributed by atoms with E-state index in [-0.39, 0.29) is 5.60 Å². The quantitative estimate of drug-likeness (QED) is 0.716.